The van der Waals surface area contributed by atoms with Crippen LogP contribution in [0.5, 0.6) is 0 Å². The lowest BCUT2D eigenvalue weighted by molar-refractivity contribution is -0.142. The number of piperidine rings is 1. The number of nitrogens with zero attached hydrogens (tertiary/aromatic N) is 1. The van der Waals surface area contributed by atoms with Gasteiger partial charge in [-0.05, 0) is 24.2 Å². The van der Waals surface area contributed by atoms with E-state index in [2.05, 4.69) is 6.92 Å². The Labute approximate surface area is 102 Å². The molecule has 4 heteroatoms. The summed E-state index contributed by atoms with van der Waals surface area (Å²) in [5, 5.41) is 9.09. The Balaban J connectivity index is 2.04. The van der Waals surface area contributed by atoms with Crippen LogP contribution in [0, 0.1) is 23.2 Å². The molecule has 1 amide bonds. The van der Waals surface area contributed by atoms with E-state index in [9.17, 15) is 9.59 Å². The molecule has 1 aliphatic heterocycles. The minimum atomic E-state index is -0.835. The minimum absolute atomic E-state index is 0.0500. The second-order valence-electron chi connectivity index (χ2n) is 6.15. The van der Waals surface area contributed by atoms with Crippen LogP contribution in [0.3, 0.4) is 0 Å². The van der Waals surface area contributed by atoms with Crippen molar-refractivity contribution in [3.63, 3.8) is 0 Å². The molecule has 0 spiro atoms. The first kappa shape index (κ1) is 12.4. The number of aliphatic carboxylic acids is 1. The molecule has 2 fully saturated rings. The second-order valence-corrected chi connectivity index (χ2v) is 6.15. The van der Waals surface area contributed by atoms with Crippen LogP contribution in [0.1, 0.15) is 33.6 Å². The molecule has 0 radical (unpaired) electrons. The number of amides is 1. The maximum atomic E-state index is 12.3. The molecule has 1 N–H and O–H groups in total. The van der Waals surface area contributed by atoms with Gasteiger partial charge in [-0.1, -0.05) is 20.8 Å². The maximum absolute atomic E-state index is 12.3. The van der Waals surface area contributed by atoms with Crippen molar-refractivity contribution in [2.24, 2.45) is 23.2 Å². The van der Waals surface area contributed by atoms with Crippen molar-refractivity contribution in [1.82, 2.24) is 4.90 Å². The number of carboxylic acid groups (broad SMARTS) is 1. The smallest absolute Gasteiger partial charge is 0.307 e. The third kappa shape index (κ3) is 2.05. The molecule has 1 aliphatic carbocycles. The summed E-state index contributed by atoms with van der Waals surface area (Å²) in [7, 11) is 0. The van der Waals surface area contributed by atoms with Crippen molar-refractivity contribution < 1.29 is 14.7 Å². The molecule has 2 aliphatic rings. The number of hydrogen-bond acceptors (Lipinski definition) is 2. The average molecular weight is 239 g/mol. The van der Waals surface area contributed by atoms with Gasteiger partial charge in [0.25, 0.3) is 0 Å². The Morgan fingerprint density at radius 1 is 1.29 bits per heavy atom. The molecule has 3 atom stereocenters. The van der Waals surface area contributed by atoms with Crippen LogP contribution in [0.25, 0.3) is 0 Å². The molecular formula is C13H21NO3. The standard InChI is InChI=1S/C13H21NO3/c1-8-5-4-6-14(7-8)11(15)9-10(12(16)17)13(9,2)3/h8-10H,4-7H2,1-3H3,(H,16,17)/t8-,9+,10-/m0/s1. The zero-order valence-electron chi connectivity index (χ0n) is 10.8. The fourth-order valence-corrected chi connectivity index (χ4v) is 3.15. The molecule has 1 heterocycles. The van der Waals surface area contributed by atoms with Crippen LogP contribution in [0.15, 0.2) is 0 Å². The summed E-state index contributed by atoms with van der Waals surface area (Å²) >= 11 is 0. The van der Waals surface area contributed by atoms with Crippen molar-refractivity contribution in [3.8, 4) is 0 Å². The molecule has 0 aromatic rings. The summed E-state index contributed by atoms with van der Waals surface area (Å²) in [6.45, 7) is 7.48. The van der Waals surface area contributed by atoms with E-state index in [0.717, 1.165) is 19.5 Å². The van der Waals surface area contributed by atoms with Gasteiger partial charge in [0.1, 0.15) is 0 Å². The van der Waals surface area contributed by atoms with E-state index in [4.69, 9.17) is 5.11 Å². The second kappa shape index (κ2) is 4.00. The number of carbonyl (C=O) groups is 2. The molecule has 2 rings (SSSR count). The summed E-state index contributed by atoms with van der Waals surface area (Å²) in [4.78, 5) is 25.2. The molecule has 0 aromatic heterocycles. The molecule has 0 aromatic carbocycles. The highest BCUT2D eigenvalue weighted by Crippen LogP contribution is 2.59. The van der Waals surface area contributed by atoms with Crippen molar-refractivity contribution >= 4 is 11.9 Å². The van der Waals surface area contributed by atoms with Crippen molar-refractivity contribution in [2.75, 3.05) is 13.1 Å². The van der Waals surface area contributed by atoms with Crippen LogP contribution in [0.4, 0.5) is 0 Å². The van der Waals surface area contributed by atoms with Crippen LogP contribution >= 0.6 is 0 Å². The lowest BCUT2D eigenvalue weighted by Gasteiger charge is -2.31. The summed E-state index contributed by atoms with van der Waals surface area (Å²) < 4.78 is 0. The van der Waals surface area contributed by atoms with Crippen LogP contribution in [-0.4, -0.2) is 35.0 Å². The predicted molar refractivity (Wildman–Crippen MR) is 63.4 cm³/mol. The van der Waals surface area contributed by atoms with Crippen LogP contribution in [-0.2, 0) is 9.59 Å². The molecule has 0 bridgehead atoms. The molecule has 4 nitrogen and oxygen atoms in total. The molecule has 17 heavy (non-hydrogen) atoms. The summed E-state index contributed by atoms with van der Waals surface area (Å²) in [5.41, 5.74) is -0.371. The van der Waals surface area contributed by atoms with Gasteiger partial charge in [-0.15, -0.1) is 0 Å². The number of likely N-dealkylation sites (tertiary alicyclic amines) is 1. The largest absolute Gasteiger partial charge is 0.481 e. The summed E-state index contributed by atoms with van der Waals surface area (Å²) in [5.74, 6) is -1.05. The van der Waals surface area contributed by atoms with E-state index >= 15 is 0 Å². The Morgan fingerprint density at radius 2 is 1.94 bits per heavy atom. The molecule has 1 saturated heterocycles. The van der Waals surface area contributed by atoms with Gasteiger partial charge in [0.15, 0.2) is 0 Å². The predicted octanol–water partition coefficient (Wildman–Crippen LogP) is 1.60. The average Bonchev–Trinajstić information content (AvgIpc) is 2.80. The van der Waals surface area contributed by atoms with Gasteiger partial charge in [0.2, 0.25) is 5.91 Å². The van der Waals surface area contributed by atoms with Gasteiger partial charge in [0, 0.05) is 13.1 Å². The zero-order chi connectivity index (χ0) is 12.8. The lowest BCUT2D eigenvalue weighted by atomic mass is 9.99. The van der Waals surface area contributed by atoms with Crippen LogP contribution in [0.2, 0.25) is 0 Å². The van der Waals surface area contributed by atoms with E-state index in [0.29, 0.717) is 5.92 Å². The maximum Gasteiger partial charge on any atom is 0.307 e. The number of hydrogen-bond donors (Lipinski definition) is 1. The number of carboxylic acids is 1. The fraction of sp³-hybridized carbons (Fsp3) is 0.846. The van der Waals surface area contributed by atoms with Gasteiger partial charge in [-0.2, -0.15) is 0 Å². The fourth-order valence-electron chi connectivity index (χ4n) is 3.15. The Kier molecular flexibility index (Phi) is 2.92. The third-order valence-corrected chi connectivity index (χ3v) is 4.33. The first-order valence-electron chi connectivity index (χ1n) is 6.37. The number of carbonyl (C=O) groups excluding carboxylic acids is 1. The van der Waals surface area contributed by atoms with Crippen molar-refractivity contribution in [3.05, 3.63) is 0 Å². The van der Waals surface area contributed by atoms with E-state index < -0.39 is 11.9 Å². The summed E-state index contributed by atoms with van der Waals surface area (Å²) in [6.07, 6.45) is 2.21. The Bertz CT molecular complexity index is 351. The van der Waals surface area contributed by atoms with Crippen molar-refractivity contribution in [2.45, 2.75) is 33.6 Å². The first-order chi connectivity index (χ1) is 7.85. The van der Waals surface area contributed by atoms with Gasteiger partial charge in [-0.3, -0.25) is 9.59 Å². The SMILES string of the molecule is C[C@H]1CCCN(C(=O)[C@H]2[C@@H](C(=O)O)C2(C)C)C1. The third-order valence-electron chi connectivity index (χ3n) is 4.33. The molecule has 1 saturated carbocycles. The van der Waals surface area contributed by atoms with Gasteiger partial charge >= 0.3 is 5.97 Å². The molecule has 0 unspecified atom stereocenters. The minimum Gasteiger partial charge on any atom is -0.481 e. The first-order valence-corrected chi connectivity index (χ1v) is 6.37. The normalized spacial score (nSPS) is 35.5. The lowest BCUT2D eigenvalue weighted by Crippen LogP contribution is -2.40. The summed E-state index contributed by atoms with van der Waals surface area (Å²) in [6, 6.07) is 0. The highest BCUT2D eigenvalue weighted by molar-refractivity contribution is 5.91. The van der Waals surface area contributed by atoms with Crippen LogP contribution < -0.4 is 0 Å². The number of rotatable bonds is 2. The van der Waals surface area contributed by atoms with E-state index in [1.165, 1.54) is 6.42 Å². The molecule has 96 valence electrons. The Hall–Kier alpha value is -1.06. The van der Waals surface area contributed by atoms with Gasteiger partial charge < -0.3 is 10.0 Å². The van der Waals surface area contributed by atoms with Crippen molar-refractivity contribution in [1.29, 1.82) is 0 Å². The monoisotopic (exact) mass is 239 g/mol. The van der Waals surface area contributed by atoms with E-state index in [1.807, 2.05) is 18.7 Å². The Morgan fingerprint density at radius 3 is 2.41 bits per heavy atom. The topological polar surface area (TPSA) is 57.6 Å². The van der Waals surface area contributed by atoms with Gasteiger partial charge in [0.05, 0.1) is 11.8 Å². The van der Waals surface area contributed by atoms with E-state index in [1.54, 1.807) is 0 Å². The molecular weight excluding hydrogens is 218 g/mol. The quantitative estimate of drug-likeness (QED) is 0.796. The van der Waals surface area contributed by atoms with Gasteiger partial charge in [-0.25, -0.2) is 0 Å². The van der Waals surface area contributed by atoms with E-state index in [-0.39, 0.29) is 17.2 Å². The highest BCUT2D eigenvalue weighted by atomic mass is 16.4. The highest BCUT2D eigenvalue weighted by Gasteiger charge is 2.66. The zero-order valence-corrected chi connectivity index (χ0v) is 10.8.